The Kier molecular flexibility index (Phi) is 3.45. The minimum Gasteiger partial charge on any atom is -0.336 e. The van der Waals surface area contributed by atoms with Gasteiger partial charge in [0.1, 0.15) is 0 Å². The molecule has 0 saturated heterocycles. The molecule has 4 heteroatoms. The van der Waals surface area contributed by atoms with Crippen molar-refractivity contribution >= 4 is 0 Å². The van der Waals surface area contributed by atoms with Gasteiger partial charge in [-0.2, -0.15) is 0 Å². The fraction of sp³-hybridized carbons (Fsp3) is 0.667. The number of likely N-dealkylation sites (N-methyl/N-ethyl adjacent to an activating group) is 1. The van der Waals surface area contributed by atoms with Crippen LogP contribution >= 0.6 is 0 Å². The molecule has 0 aliphatic carbocycles. The summed E-state index contributed by atoms with van der Waals surface area (Å²) in [5.74, 6) is 0. The van der Waals surface area contributed by atoms with E-state index in [0.717, 1.165) is 6.54 Å². The highest BCUT2D eigenvalue weighted by Crippen LogP contribution is 2.16. The zero-order valence-corrected chi connectivity index (χ0v) is 8.57. The lowest BCUT2D eigenvalue weighted by Gasteiger charge is -2.25. The second-order valence-corrected chi connectivity index (χ2v) is 3.25. The van der Waals surface area contributed by atoms with Gasteiger partial charge in [0.2, 0.25) is 0 Å². The van der Waals surface area contributed by atoms with Gasteiger partial charge in [-0.15, -0.1) is 0 Å². The van der Waals surface area contributed by atoms with Gasteiger partial charge in [0, 0.05) is 19.8 Å². The van der Waals surface area contributed by atoms with Crippen LogP contribution in [0, 0.1) is 0 Å². The van der Waals surface area contributed by atoms with Crippen LogP contribution in [-0.2, 0) is 7.05 Å². The van der Waals surface area contributed by atoms with Gasteiger partial charge in [-0.3, -0.25) is 4.90 Å². The number of rotatable bonds is 4. The minimum absolute atomic E-state index is 0.275. The molecule has 1 aromatic rings. The fourth-order valence-electron chi connectivity index (χ4n) is 1.44. The second kappa shape index (κ2) is 4.39. The van der Waals surface area contributed by atoms with Crippen LogP contribution in [0.5, 0.6) is 0 Å². The topological polar surface area (TPSA) is 47.1 Å². The van der Waals surface area contributed by atoms with Crippen molar-refractivity contribution < 1.29 is 0 Å². The first-order valence-electron chi connectivity index (χ1n) is 4.57. The summed E-state index contributed by atoms with van der Waals surface area (Å²) in [6.45, 7) is 3.75. The summed E-state index contributed by atoms with van der Waals surface area (Å²) >= 11 is 0. The van der Waals surface area contributed by atoms with E-state index in [9.17, 15) is 0 Å². The van der Waals surface area contributed by atoms with Crippen molar-refractivity contribution in [2.45, 2.75) is 13.0 Å². The Bertz CT molecular complexity index is 256. The molecule has 0 spiro atoms. The molecule has 2 N–H and O–H groups in total. The summed E-state index contributed by atoms with van der Waals surface area (Å²) in [6.07, 6.45) is 3.69. The molecule has 0 aliphatic rings. The Morgan fingerprint density at radius 2 is 2.38 bits per heavy atom. The van der Waals surface area contributed by atoms with Crippen molar-refractivity contribution in [1.82, 2.24) is 14.5 Å². The first-order valence-corrected chi connectivity index (χ1v) is 4.57. The molecule has 0 aromatic carbocycles. The molecule has 0 fully saturated rings. The summed E-state index contributed by atoms with van der Waals surface area (Å²) in [4.78, 5) is 6.31. The maximum Gasteiger partial charge on any atom is 0.0946 e. The smallest absolute Gasteiger partial charge is 0.0946 e. The van der Waals surface area contributed by atoms with Gasteiger partial charge in [-0.25, -0.2) is 4.98 Å². The Morgan fingerprint density at radius 3 is 2.77 bits per heavy atom. The van der Waals surface area contributed by atoms with E-state index in [0.29, 0.717) is 6.54 Å². The van der Waals surface area contributed by atoms with Crippen molar-refractivity contribution in [1.29, 1.82) is 0 Å². The predicted molar refractivity (Wildman–Crippen MR) is 53.3 cm³/mol. The Labute approximate surface area is 79.4 Å². The first-order chi connectivity index (χ1) is 6.20. The maximum atomic E-state index is 5.73. The molecule has 1 rings (SSSR count). The van der Waals surface area contributed by atoms with Crippen LogP contribution in [0.2, 0.25) is 0 Å². The van der Waals surface area contributed by atoms with Gasteiger partial charge < -0.3 is 10.3 Å². The maximum absolute atomic E-state index is 5.73. The second-order valence-electron chi connectivity index (χ2n) is 3.25. The summed E-state index contributed by atoms with van der Waals surface area (Å²) in [5.41, 5.74) is 6.90. The molecule has 4 nitrogen and oxygen atoms in total. The third-order valence-corrected chi connectivity index (χ3v) is 2.45. The number of nitrogens with zero attached hydrogens (tertiary/aromatic N) is 3. The van der Waals surface area contributed by atoms with Crippen LogP contribution in [-0.4, -0.2) is 34.6 Å². The largest absolute Gasteiger partial charge is 0.336 e. The van der Waals surface area contributed by atoms with Crippen molar-refractivity contribution in [3.05, 3.63) is 18.2 Å². The standard InChI is InChI=1S/C9H18N4/c1-4-12(2)8(5-10)9-6-11-7-13(9)3/h6-8H,4-5,10H2,1-3H3. The Hall–Kier alpha value is -0.870. The molecule has 0 radical (unpaired) electrons. The van der Waals surface area contributed by atoms with Crippen LogP contribution in [0.3, 0.4) is 0 Å². The van der Waals surface area contributed by atoms with Gasteiger partial charge in [-0.05, 0) is 13.6 Å². The summed E-state index contributed by atoms with van der Waals surface area (Å²) in [6, 6.07) is 0.275. The van der Waals surface area contributed by atoms with E-state index in [2.05, 4.69) is 23.9 Å². The number of imidazole rings is 1. The normalized spacial score (nSPS) is 13.6. The third-order valence-electron chi connectivity index (χ3n) is 2.45. The number of hydrogen-bond acceptors (Lipinski definition) is 3. The van der Waals surface area contributed by atoms with Gasteiger partial charge >= 0.3 is 0 Å². The van der Waals surface area contributed by atoms with E-state index < -0.39 is 0 Å². The van der Waals surface area contributed by atoms with Crippen molar-refractivity contribution in [2.24, 2.45) is 12.8 Å². The number of nitrogens with two attached hydrogens (primary N) is 1. The van der Waals surface area contributed by atoms with Crippen molar-refractivity contribution in [2.75, 3.05) is 20.1 Å². The Morgan fingerprint density at radius 1 is 1.69 bits per heavy atom. The van der Waals surface area contributed by atoms with E-state index in [4.69, 9.17) is 5.73 Å². The van der Waals surface area contributed by atoms with Crippen LogP contribution < -0.4 is 5.73 Å². The van der Waals surface area contributed by atoms with E-state index in [1.807, 2.05) is 24.1 Å². The van der Waals surface area contributed by atoms with Crippen molar-refractivity contribution in [3.63, 3.8) is 0 Å². The number of aromatic nitrogens is 2. The highest BCUT2D eigenvalue weighted by molar-refractivity contribution is 5.05. The van der Waals surface area contributed by atoms with Crippen LogP contribution in [0.25, 0.3) is 0 Å². The molecule has 0 bridgehead atoms. The zero-order valence-electron chi connectivity index (χ0n) is 8.57. The van der Waals surface area contributed by atoms with E-state index in [1.54, 1.807) is 0 Å². The van der Waals surface area contributed by atoms with E-state index in [1.165, 1.54) is 5.69 Å². The van der Waals surface area contributed by atoms with Crippen LogP contribution in [0.15, 0.2) is 12.5 Å². The van der Waals surface area contributed by atoms with Crippen LogP contribution in [0.4, 0.5) is 0 Å². The highest BCUT2D eigenvalue weighted by atomic mass is 15.2. The van der Waals surface area contributed by atoms with Gasteiger partial charge in [0.05, 0.1) is 18.1 Å². The molecular weight excluding hydrogens is 164 g/mol. The van der Waals surface area contributed by atoms with Gasteiger partial charge in [0.15, 0.2) is 0 Å². The number of hydrogen-bond donors (Lipinski definition) is 1. The molecule has 1 unspecified atom stereocenters. The predicted octanol–water partition coefficient (Wildman–Crippen LogP) is 0.372. The summed E-state index contributed by atoms with van der Waals surface area (Å²) in [7, 11) is 4.07. The lowest BCUT2D eigenvalue weighted by molar-refractivity contribution is 0.254. The SMILES string of the molecule is CCN(C)C(CN)c1cncn1C. The summed E-state index contributed by atoms with van der Waals surface area (Å²) in [5, 5.41) is 0. The average molecular weight is 182 g/mol. The molecule has 1 aromatic heterocycles. The fourth-order valence-corrected chi connectivity index (χ4v) is 1.44. The zero-order chi connectivity index (χ0) is 9.84. The lowest BCUT2D eigenvalue weighted by atomic mass is 10.2. The lowest BCUT2D eigenvalue weighted by Crippen LogP contribution is -2.31. The molecule has 0 amide bonds. The molecule has 0 saturated carbocycles. The van der Waals surface area contributed by atoms with Crippen LogP contribution in [0.1, 0.15) is 18.7 Å². The summed E-state index contributed by atoms with van der Waals surface area (Å²) < 4.78 is 2.02. The minimum atomic E-state index is 0.275. The number of aryl methyl sites for hydroxylation is 1. The van der Waals surface area contributed by atoms with Gasteiger partial charge in [-0.1, -0.05) is 6.92 Å². The van der Waals surface area contributed by atoms with E-state index in [-0.39, 0.29) is 6.04 Å². The molecule has 1 heterocycles. The molecule has 1 atom stereocenters. The quantitative estimate of drug-likeness (QED) is 0.732. The molecular formula is C9H18N4. The van der Waals surface area contributed by atoms with Gasteiger partial charge in [0.25, 0.3) is 0 Å². The molecule has 0 aliphatic heterocycles. The highest BCUT2D eigenvalue weighted by Gasteiger charge is 2.16. The average Bonchev–Trinajstić information content (AvgIpc) is 2.53. The van der Waals surface area contributed by atoms with E-state index >= 15 is 0 Å². The molecule has 13 heavy (non-hydrogen) atoms. The molecule has 74 valence electrons. The van der Waals surface area contributed by atoms with Crippen molar-refractivity contribution in [3.8, 4) is 0 Å². The first kappa shape index (κ1) is 10.2. The Balaban J connectivity index is 2.84. The monoisotopic (exact) mass is 182 g/mol. The third kappa shape index (κ3) is 2.08.